The van der Waals surface area contributed by atoms with Gasteiger partial charge in [-0.15, -0.1) is 0 Å². The van der Waals surface area contributed by atoms with Gasteiger partial charge in [-0.2, -0.15) is 0 Å². The first-order valence-electron chi connectivity index (χ1n) is 7.63. The van der Waals surface area contributed by atoms with Crippen LogP contribution in [0.3, 0.4) is 0 Å². The Balaban J connectivity index is 1.79. The zero-order chi connectivity index (χ0) is 17.3. The van der Waals surface area contributed by atoms with Gasteiger partial charge in [0.05, 0.1) is 25.5 Å². The first-order chi connectivity index (χ1) is 11.5. The lowest BCUT2D eigenvalue weighted by Crippen LogP contribution is -2.08. The molecule has 0 bridgehead atoms. The lowest BCUT2D eigenvalue weighted by molar-refractivity contribution is 0.151. The number of anilines is 1. The van der Waals surface area contributed by atoms with Gasteiger partial charge in [-0.05, 0) is 37.1 Å². The number of benzene rings is 2. The van der Waals surface area contributed by atoms with Crippen LogP contribution < -0.4 is 14.8 Å². The quantitative estimate of drug-likeness (QED) is 0.823. The van der Waals surface area contributed by atoms with Gasteiger partial charge in [0.2, 0.25) is 0 Å². The summed E-state index contributed by atoms with van der Waals surface area (Å²) in [4.78, 5) is 0. The summed E-state index contributed by atoms with van der Waals surface area (Å²) in [6, 6.07) is 8.26. The summed E-state index contributed by atoms with van der Waals surface area (Å²) in [6.07, 6.45) is 1.23. The van der Waals surface area contributed by atoms with Gasteiger partial charge in [0.25, 0.3) is 0 Å². The molecule has 0 radical (unpaired) electrons. The molecule has 128 valence electrons. The standard InChI is InChI=1S/C18H19ClFNO3/c1-23-12-4-3-11(17(7-12)24-2)10-21-16-9-14(19)13(8-15(16)20)18(22)5-6-18/h3-4,7-9,21-22H,5-6,10H2,1-2H3. The second-order valence-electron chi connectivity index (χ2n) is 5.87. The van der Waals surface area contributed by atoms with Crippen LogP contribution in [0.4, 0.5) is 10.1 Å². The molecule has 2 N–H and O–H groups in total. The van der Waals surface area contributed by atoms with Gasteiger partial charge in [-0.3, -0.25) is 0 Å². The molecule has 0 aromatic heterocycles. The highest BCUT2D eigenvalue weighted by atomic mass is 35.5. The second kappa shape index (κ2) is 6.49. The Morgan fingerprint density at radius 1 is 1.21 bits per heavy atom. The summed E-state index contributed by atoms with van der Waals surface area (Å²) in [5.41, 5.74) is 0.634. The van der Waals surface area contributed by atoms with E-state index in [0.717, 1.165) is 5.56 Å². The van der Waals surface area contributed by atoms with Crippen molar-refractivity contribution in [3.8, 4) is 11.5 Å². The zero-order valence-corrected chi connectivity index (χ0v) is 14.3. The predicted octanol–water partition coefficient (Wildman–Crippen LogP) is 4.09. The molecular formula is C18H19ClFNO3. The van der Waals surface area contributed by atoms with Crippen LogP contribution in [0.25, 0.3) is 0 Å². The first kappa shape index (κ1) is 16.9. The van der Waals surface area contributed by atoms with Crippen molar-refractivity contribution >= 4 is 17.3 Å². The summed E-state index contributed by atoms with van der Waals surface area (Å²) >= 11 is 6.20. The van der Waals surface area contributed by atoms with Gasteiger partial charge in [0, 0.05) is 28.8 Å². The number of rotatable bonds is 6. The van der Waals surface area contributed by atoms with Crippen molar-refractivity contribution in [3.05, 3.63) is 52.3 Å². The highest BCUT2D eigenvalue weighted by Gasteiger charge is 2.44. The molecule has 0 unspecified atom stereocenters. The Morgan fingerprint density at radius 3 is 2.58 bits per heavy atom. The molecule has 1 aliphatic carbocycles. The third kappa shape index (κ3) is 3.28. The molecule has 2 aromatic rings. The van der Waals surface area contributed by atoms with Crippen molar-refractivity contribution in [1.29, 1.82) is 0 Å². The Bertz CT molecular complexity index is 762. The van der Waals surface area contributed by atoms with Crippen LogP contribution in [0.15, 0.2) is 30.3 Å². The van der Waals surface area contributed by atoms with Crippen molar-refractivity contribution in [2.24, 2.45) is 0 Å². The van der Waals surface area contributed by atoms with Crippen LogP contribution in [-0.4, -0.2) is 19.3 Å². The predicted molar refractivity (Wildman–Crippen MR) is 91.4 cm³/mol. The van der Waals surface area contributed by atoms with Crippen LogP contribution >= 0.6 is 11.6 Å². The molecule has 0 spiro atoms. The van der Waals surface area contributed by atoms with E-state index in [-0.39, 0.29) is 5.69 Å². The van der Waals surface area contributed by atoms with Crippen LogP contribution in [-0.2, 0) is 12.1 Å². The highest BCUT2D eigenvalue weighted by Crippen LogP contribution is 2.48. The molecule has 4 nitrogen and oxygen atoms in total. The first-order valence-corrected chi connectivity index (χ1v) is 8.01. The molecule has 1 saturated carbocycles. The van der Waals surface area contributed by atoms with Gasteiger partial charge < -0.3 is 19.9 Å². The number of hydrogen-bond donors (Lipinski definition) is 2. The van der Waals surface area contributed by atoms with Crippen LogP contribution in [0.1, 0.15) is 24.0 Å². The third-order valence-corrected chi connectivity index (χ3v) is 4.56. The fourth-order valence-electron chi connectivity index (χ4n) is 2.62. The minimum absolute atomic E-state index is 0.283. The summed E-state index contributed by atoms with van der Waals surface area (Å²) in [5, 5.41) is 13.5. The Labute approximate surface area is 145 Å². The van der Waals surface area contributed by atoms with E-state index in [0.29, 0.717) is 41.5 Å². The monoisotopic (exact) mass is 351 g/mol. The molecule has 6 heteroatoms. The number of nitrogens with one attached hydrogen (secondary N) is 1. The van der Waals surface area contributed by atoms with E-state index >= 15 is 0 Å². The molecule has 0 saturated heterocycles. The number of methoxy groups -OCH3 is 2. The maximum absolute atomic E-state index is 14.3. The number of hydrogen-bond acceptors (Lipinski definition) is 4. The van der Waals surface area contributed by atoms with E-state index in [4.69, 9.17) is 21.1 Å². The molecule has 0 atom stereocenters. The molecular weight excluding hydrogens is 333 g/mol. The van der Waals surface area contributed by atoms with Crippen LogP contribution in [0.2, 0.25) is 5.02 Å². The van der Waals surface area contributed by atoms with Crippen molar-refractivity contribution in [1.82, 2.24) is 0 Å². The fraction of sp³-hybridized carbons (Fsp3) is 0.333. The fourth-order valence-corrected chi connectivity index (χ4v) is 2.95. The topological polar surface area (TPSA) is 50.7 Å². The molecule has 0 aliphatic heterocycles. The van der Waals surface area contributed by atoms with E-state index in [1.54, 1.807) is 20.3 Å². The maximum Gasteiger partial charge on any atom is 0.146 e. The van der Waals surface area contributed by atoms with Gasteiger partial charge in [0.15, 0.2) is 0 Å². The summed E-state index contributed by atoms with van der Waals surface area (Å²) in [5.74, 6) is 0.895. The van der Waals surface area contributed by atoms with Crippen molar-refractivity contribution in [2.45, 2.75) is 25.0 Å². The van der Waals surface area contributed by atoms with Crippen molar-refractivity contribution < 1.29 is 19.0 Å². The summed E-state index contributed by atoms with van der Waals surface area (Å²) in [7, 11) is 3.15. The summed E-state index contributed by atoms with van der Waals surface area (Å²) < 4.78 is 24.8. The van der Waals surface area contributed by atoms with E-state index in [9.17, 15) is 9.50 Å². The van der Waals surface area contributed by atoms with Crippen LogP contribution in [0, 0.1) is 5.82 Å². The molecule has 24 heavy (non-hydrogen) atoms. The van der Waals surface area contributed by atoms with Crippen molar-refractivity contribution in [2.75, 3.05) is 19.5 Å². The van der Waals surface area contributed by atoms with Gasteiger partial charge in [-0.25, -0.2) is 4.39 Å². The van der Waals surface area contributed by atoms with Crippen molar-refractivity contribution in [3.63, 3.8) is 0 Å². The van der Waals surface area contributed by atoms with Crippen LogP contribution in [0.5, 0.6) is 11.5 Å². The normalized spacial score (nSPS) is 15.0. The average molecular weight is 352 g/mol. The van der Waals surface area contributed by atoms with Gasteiger partial charge in [0.1, 0.15) is 17.3 Å². The molecule has 3 rings (SSSR count). The minimum atomic E-state index is -0.963. The number of halogens is 2. The summed E-state index contributed by atoms with van der Waals surface area (Å²) in [6.45, 7) is 0.365. The van der Waals surface area contributed by atoms with Gasteiger partial charge >= 0.3 is 0 Å². The van der Waals surface area contributed by atoms with E-state index < -0.39 is 11.4 Å². The third-order valence-electron chi connectivity index (χ3n) is 4.25. The van der Waals surface area contributed by atoms with E-state index in [2.05, 4.69) is 5.32 Å². The lowest BCUT2D eigenvalue weighted by atomic mass is 10.1. The molecule has 1 aliphatic rings. The average Bonchev–Trinajstić information content (AvgIpc) is 3.33. The number of aliphatic hydroxyl groups is 1. The Hall–Kier alpha value is -1.98. The SMILES string of the molecule is COc1ccc(CNc2cc(Cl)c(C3(O)CC3)cc2F)c(OC)c1. The minimum Gasteiger partial charge on any atom is -0.497 e. The van der Waals surface area contributed by atoms with Gasteiger partial charge in [-0.1, -0.05) is 11.6 Å². The van der Waals surface area contributed by atoms with E-state index in [1.165, 1.54) is 12.1 Å². The molecule has 1 fully saturated rings. The molecule has 0 amide bonds. The lowest BCUT2D eigenvalue weighted by Gasteiger charge is -2.15. The highest BCUT2D eigenvalue weighted by molar-refractivity contribution is 6.31. The maximum atomic E-state index is 14.3. The van der Waals surface area contributed by atoms with E-state index in [1.807, 2.05) is 12.1 Å². The Morgan fingerprint density at radius 2 is 1.96 bits per heavy atom. The number of ether oxygens (including phenoxy) is 2. The zero-order valence-electron chi connectivity index (χ0n) is 13.5. The Kier molecular flexibility index (Phi) is 4.56. The second-order valence-corrected chi connectivity index (χ2v) is 6.28. The molecule has 0 heterocycles. The smallest absolute Gasteiger partial charge is 0.146 e. The molecule has 2 aromatic carbocycles. The largest absolute Gasteiger partial charge is 0.497 e.